The monoisotopic (exact) mass is 223 g/mol. The molecule has 0 radical (unpaired) electrons. The molecule has 2 aromatic rings. The molecule has 0 bridgehead atoms. The average Bonchev–Trinajstić information content (AvgIpc) is 2.82. The zero-order valence-corrected chi connectivity index (χ0v) is 9.68. The van der Waals surface area contributed by atoms with Gasteiger partial charge in [-0.15, -0.1) is 0 Å². The second kappa shape index (κ2) is 4.06. The maximum Gasteiger partial charge on any atom is 0.118 e. The Kier molecular flexibility index (Phi) is 2.41. The Hall–Kier alpha value is -2.09. The summed E-state index contributed by atoms with van der Waals surface area (Å²) in [6.07, 6.45) is 4.97. The predicted octanol–water partition coefficient (Wildman–Crippen LogP) is 3.19. The van der Waals surface area contributed by atoms with Crippen LogP contribution in [-0.4, -0.2) is 12.1 Å². The largest absolute Gasteiger partial charge is 0.497 e. The fraction of sp³-hybridized carbons (Fsp3) is 0.133. The third-order valence-corrected chi connectivity index (χ3v) is 3.08. The molecule has 1 aliphatic rings. The molecule has 3 rings (SSSR count). The van der Waals surface area contributed by atoms with Gasteiger partial charge in [-0.05, 0) is 41.0 Å². The first-order chi connectivity index (χ1) is 8.36. The summed E-state index contributed by atoms with van der Waals surface area (Å²) in [6.45, 7) is 0. The van der Waals surface area contributed by atoms with E-state index in [1.807, 2.05) is 24.4 Å². The lowest BCUT2D eigenvalue weighted by Gasteiger charge is -2.04. The lowest BCUT2D eigenvalue weighted by Crippen LogP contribution is -1.87. The predicted molar refractivity (Wildman–Crippen MR) is 68.8 cm³/mol. The molecule has 1 aromatic heterocycles. The van der Waals surface area contributed by atoms with Gasteiger partial charge in [-0.1, -0.05) is 18.2 Å². The summed E-state index contributed by atoms with van der Waals surface area (Å²) in [7, 11) is 1.68. The van der Waals surface area contributed by atoms with Gasteiger partial charge in [0, 0.05) is 12.6 Å². The molecule has 0 atom stereocenters. The van der Waals surface area contributed by atoms with E-state index >= 15 is 0 Å². The van der Waals surface area contributed by atoms with Gasteiger partial charge in [0.25, 0.3) is 0 Å². The zero-order chi connectivity index (χ0) is 11.7. The molecule has 0 fully saturated rings. The van der Waals surface area contributed by atoms with Crippen LogP contribution in [0.2, 0.25) is 0 Å². The van der Waals surface area contributed by atoms with E-state index in [4.69, 9.17) is 4.74 Å². The van der Waals surface area contributed by atoms with Gasteiger partial charge >= 0.3 is 0 Å². The minimum absolute atomic E-state index is 0.892. The molecule has 84 valence electrons. The highest BCUT2D eigenvalue weighted by Crippen LogP contribution is 2.30. The normalized spacial score (nSPS) is 13.1. The Labute approximate surface area is 101 Å². The van der Waals surface area contributed by atoms with Crippen LogP contribution >= 0.6 is 0 Å². The van der Waals surface area contributed by atoms with Crippen LogP contribution in [0.15, 0.2) is 42.6 Å². The molecule has 0 N–H and O–H groups in total. The van der Waals surface area contributed by atoms with E-state index < -0.39 is 0 Å². The summed E-state index contributed by atoms with van der Waals surface area (Å²) in [5.74, 6) is 0.892. The van der Waals surface area contributed by atoms with Crippen molar-refractivity contribution < 1.29 is 4.74 Å². The van der Waals surface area contributed by atoms with E-state index in [1.165, 1.54) is 16.7 Å². The van der Waals surface area contributed by atoms with Gasteiger partial charge in [0.15, 0.2) is 0 Å². The smallest absolute Gasteiger partial charge is 0.118 e. The second-order valence-corrected chi connectivity index (χ2v) is 4.12. The van der Waals surface area contributed by atoms with Gasteiger partial charge in [0.1, 0.15) is 5.75 Å². The van der Waals surface area contributed by atoms with Crippen LogP contribution in [0.5, 0.6) is 5.75 Å². The summed E-state index contributed by atoms with van der Waals surface area (Å²) < 4.78 is 5.16. The minimum Gasteiger partial charge on any atom is -0.497 e. The number of hydrogen-bond acceptors (Lipinski definition) is 2. The van der Waals surface area contributed by atoms with Crippen molar-refractivity contribution in [3.63, 3.8) is 0 Å². The Morgan fingerprint density at radius 1 is 1.12 bits per heavy atom. The van der Waals surface area contributed by atoms with E-state index in [-0.39, 0.29) is 0 Å². The number of ether oxygens (including phenoxy) is 1. The lowest BCUT2D eigenvalue weighted by molar-refractivity contribution is 0.415. The van der Waals surface area contributed by atoms with E-state index in [0.717, 1.165) is 17.9 Å². The average molecular weight is 223 g/mol. The SMILES string of the molecule is COc1ccc(C2=Cc3ncccc3C2)cc1. The molecule has 17 heavy (non-hydrogen) atoms. The van der Waals surface area contributed by atoms with Crippen molar-refractivity contribution in [2.45, 2.75) is 6.42 Å². The van der Waals surface area contributed by atoms with Crippen molar-refractivity contribution >= 4 is 11.6 Å². The van der Waals surface area contributed by atoms with Crippen LogP contribution in [0.25, 0.3) is 11.6 Å². The van der Waals surface area contributed by atoms with Gasteiger partial charge in [0.05, 0.1) is 12.8 Å². The van der Waals surface area contributed by atoms with Gasteiger partial charge in [-0.25, -0.2) is 0 Å². The number of benzene rings is 1. The molecular weight excluding hydrogens is 210 g/mol. The molecule has 0 spiro atoms. The molecule has 1 aliphatic carbocycles. The first-order valence-electron chi connectivity index (χ1n) is 5.66. The second-order valence-electron chi connectivity index (χ2n) is 4.12. The van der Waals surface area contributed by atoms with Crippen LogP contribution in [0.3, 0.4) is 0 Å². The van der Waals surface area contributed by atoms with E-state index in [9.17, 15) is 0 Å². The first kappa shape index (κ1) is 10.1. The highest BCUT2D eigenvalue weighted by atomic mass is 16.5. The molecular formula is C15H13NO. The molecule has 1 aromatic carbocycles. The van der Waals surface area contributed by atoms with E-state index in [1.54, 1.807) is 7.11 Å². The number of methoxy groups -OCH3 is 1. The third kappa shape index (κ3) is 1.82. The molecule has 0 amide bonds. The Morgan fingerprint density at radius 2 is 1.94 bits per heavy atom. The first-order valence-corrected chi connectivity index (χ1v) is 5.66. The van der Waals surface area contributed by atoms with Crippen LogP contribution in [0.1, 0.15) is 16.8 Å². The van der Waals surface area contributed by atoms with Crippen molar-refractivity contribution in [2.75, 3.05) is 7.11 Å². The summed E-state index contributed by atoms with van der Waals surface area (Å²) in [5.41, 5.74) is 4.96. The molecule has 1 heterocycles. The summed E-state index contributed by atoms with van der Waals surface area (Å²) in [4.78, 5) is 4.37. The molecule has 0 saturated carbocycles. The third-order valence-electron chi connectivity index (χ3n) is 3.08. The Morgan fingerprint density at radius 3 is 2.65 bits per heavy atom. The highest BCUT2D eigenvalue weighted by Gasteiger charge is 2.14. The summed E-state index contributed by atoms with van der Waals surface area (Å²) >= 11 is 0. The molecule has 0 unspecified atom stereocenters. The number of hydrogen-bond donors (Lipinski definition) is 0. The quantitative estimate of drug-likeness (QED) is 0.780. The van der Waals surface area contributed by atoms with Gasteiger partial charge in [-0.3, -0.25) is 4.98 Å². The summed E-state index contributed by atoms with van der Waals surface area (Å²) in [5, 5.41) is 0. The topological polar surface area (TPSA) is 22.1 Å². The lowest BCUT2D eigenvalue weighted by atomic mass is 10.0. The number of aromatic nitrogens is 1. The van der Waals surface area contributed by atoms with Gasteiger partial charge in [-0.2, -0.15) is 0 Å². The van der Waals surface area contributed by atoms with Gasteiger partial charge in [0.2, 0.25) is 0 Å². The van der Waals surface area contributed by atoms with Crippen molar-refractivity contribution in [3.8, 4) is 5.75 Å². The fourth-order valence-corrected chi connectivity index (χ4v) is 2.14. The maximum absolute atomic E-state index is 5.16. The van der Waals surface area contributed by atoms with Crippen molar-refractivity contribution in [1.29, 1.82) is 0 Å². The molecule has 2 heteroatoms. The van der Waals surface area contributed by atoms with Crippen LogP contribution in [0, 0.1) is 0 Å². The Balaban J connectivity index is 1.92. The van der Waals surface area contributed by atoms with Crippen molar-refractivity contribution in [3.05, 3.63) is 59.4 Å². The Bertz CT molecular complexity index is 570. The standard InChI is InChI=1S/C15H13NO/c1-17-14-6-4-11(5-7-14)13-9-12-3-2-8-16-15(12)10-13/h2-8,10H,9H2,1H3. The van der Waals surface area contributed by atoms with Gasteiger partial charge < -0.3 is 4.74 Å². The minimum atomic E-state index is 0.892. The van der Waals surface area contributed by atoms with Crippen LogP contribution in [0.4, 0.5) is 0 Å². The van der Waals surface area contributed by atoms with Crippen molar-refractivity contribution in [2.24, 2.45) is 0 Å². The van der Waals surface area contributed by atoms with Crippen LogP contribution < -0.4 is 4.74 Å². The van der Waals surface area contributed by atoms with Crippen molar-refractivity contribution in [1.82, 2.24) is 4.98 Å². The molecule has 0 aliphatic heterocycles. The number of rotatable bonds is 2. The highest BCUT2D eigenvalue weighted by molar-refractivity contribution is 5.87. The number of pyridine rings is 1. The zero-order valence-electron chi connectivity index (χ0n) is 9.68. The van der Waals surface area contributed by atoms with E-state index in [0.29, 0.717) is 0 Å². The number of nitrogens with zero attached hydrogens (tertiary/aromatic N) is 1. The number of allylic oxidation sites excluding steroid dienone is 1. The van der Waals surface area contributed by atoms with E-state index in [2.05, 4.69) is 29.3 Å². The molecule has 2 nitrogen and oxygen atoms in total. The molecule has 0 saturated heterocycles. The summed E-state index contributed by atoms with van der Waals surface area (Å²) in [6, 6.07) is 12.3. The van der Waals surface area contributed by atoms with Crippen LogP contribution in [-0.2, 0) is 6.42 Å². The number of fused-ring (bicyclic) bond motifs is 1. The maximum atomic E-state index is 5.16. The fourth-order valence-electron chi connectivity index (χ4n) is 2.14.